The summed E-state index contributed by atoms with van der Waals surface area (Å²) in [6.07, 6.45) is 4.13. The molecule has 0 atom stereocenters. The van der Waals surface area contributed by atoms with Crippen molar-refractivity contribution in [2.24, 2.45) is 0 Å². The summed E-state index contributed by atoms with van der Waals surface area (Å²) in [6.45, 7) is 2.81. The number of hydrogen-bond acceptors (Lipinski definition) is 3. The molecule has 0 amide bonds. The molecule has 17 heavy (non-hydrogen) atoms. The smallest absolute Gasteiger partial charge is 0.265 e. The number of pyridine rings is 1. The van der Waals surface area contributed by atoms with E-state index in [0.717, 1.165) is 5.56 Å². The molecule has 1 heterocycles. The van der Waals surface area contributed by atoms with Crippen LogP contribution in [0.1, 0.15) is 12.5 Å². The molecule has 0 fully saturated rings. The van der Waals surface area contributed by atoms with E-state index in [1.807, 2.05) is 19.1 Å². The van der Waals surface area contributed by atoms with E-state index in [1.54, 1.807) is 26.5 Å². The summed E-state index contributed by atoms with van der Waals surface area (Å²) < 4.78 is 26.5. The van der Waals surface area contributed by atoms with Gasteiger partial charge in [0.05, 0.1) is 0 Å². The minimum atomic E-state index is -3.31. The molecule has 0 radical (unpaired) electrons. The SMILES string of the molecule is CCN(CCc1ccncc1)S(=O)(=O)N(C)C. The Morgan fingerprint density at radius 2 is 1.82 bits per heavy atom. The summed E-state index contributed by atoms with van der Waals surface area (Å²) in [5.41, 5.74) is 1.09. The van der Waals surface area contributed by atoms with Crippen molar-refractivity contribution in [3.63, 3.8) is 0 Å². The number of likely N-dealkylation sites (N-methyl/N-ethyl adjacent to an activating group) is 1. The molecule has 0 aliphatic rings. The fourth-order valence-corrected chi connectivity index (χ4v) is 2.58. The Labute approximate surface area is 103 Å². The minimum Gasteiger partial charge on any atom is -0.265 e. The maximum atomic E-state index is 11.9. The zero-order valence-electron chi connectivity index (χ0n) is 10.5. The summed E-state index contributed by atoms with van der Waals surface area (Å²) in [5.74, 6) is 0. The molecule has 0 unspecified atom stereocenters. The largest absolute Gasteiger partial charge is 0.281 e. The van der Waals surface area contributed by atoms with Gasteiger partial charge in [-0.2, -0.15) is 17.0 Å². The van der Waals surface area contributed by atoms with E-state index >= 15 is 0 Å². The van der Waals surface area contributed by atoms with Crippen LogP contribution in [-0.2, 0) is 16.6 Å². The number of aromatic nitrogens is 1. The molecule has 6 heteroatoms. The van der Waals surface area contributed by atoms with Crippen LogP contribution in [0.4, 0.5) is 0 Å². The van der Waals surface area contributed by atoms with Gasteiger partial charge in [0, 0.05) is 39.6 Å². The molecule has 0 saturated carbocycles. The summed E-state index contributed by atoms with van der Waals surface area (Å²) in [6, 6.07) is 3.80. The molecule has 0 saturated heterocycles. The van der Waals surface area contributed by atoms with Crippen LogP contribution < -0.4 is 0 Å². The van der Waals surface area contributed by atoms with E-state index < -0.39 is 10.2 Å². The summed E-state index contributed by atoms with van der Waals surface area (Å²) in [4.78, 5) is 3.93. The highest BCUT2D eigenvalue weighted by Crippen LogP contribution is 2.06. The van der Waals surface area contributed by atoms with Gasteiger partial charge in [-0.3, -0.25) is 4.98 Å². The second-order valence-electron chi connectivity index (χ2n) is 3.89. The van der Waals surface area contributed by atoms with Crippen LogP contribution in [0.3, 0.4) is 0 Å². The highest BCUT2D eigenvalue weighted by atomic mass is 32.2. The van der Waals surface area contributed by atoms with Crippen molar-refractivity contribution in [1.82, 2.24) is 13.6 Å². The van der Waals surface area contributed by atoms with E-state index in [9.17, 15) is 8.42 Å². The Hall–Kier alpha value is -0.980. The van der Waals surface area contributed by atoms with Crippen LogP contribution in [-0.4, -0.2) is 49.2 Å². The molecule has 1 aromatic rings. The van der Waals surface area contributed by atoms with Gasteiger partial charge in [0.1, 0.15) is 0 Å². The lowest BCUT2D eigenvalue weighted by Crippen LogP contribution is -2.40. The van der Waals surface area contributed by atoms with Crippen LogP contribution in [0.15, 0.2) is 24.5 Å². The topological polar surface area (TPSA) is 53.5 Å². The van der Waals surface area contributed by atoms with Crippen molar-refractivity contribution in [3.8, 4) is 0 Å². The molecular formula is C11H19N3O2S. The fourth-order valence-electron chi connectivity index (χ4n) is 1.47. The third-order valence-electron chi connectivity index (χ3n) is 2.54. The molecule has 1 aromatic heterocycles. The normalized spacial score (nSPS) is 12.3. The predicted octanol–water partition coefficient (Wildman–Crippen LogP) is 0.752. The Bertz CT molecular complexity index is 431. The lowest BCUT2D eigenvalue weighted by Gasteiger charge is -2.24. The van der Waals surface area contributed by atoms with E-state index in [1.165, 1.54) is 8.61 Å². The first-order chi connectivity index (χ1) is 7.98. The van der Waals surface area contributed by atoms with Gasteiger partial charge in [-0.25, -0.2) is 0 Å². The monoisotopic (exact) mass is 257 g/mol. The van der Waals surface area contributed by atoms with Crippen LogP contribution >= 0.6 is 0 Å². The summed E-state index contributed by atoms with van der Waals surface area (Å²) in [5, 5.41) is 0. The molecule has 1 rings (SSSR count). The van der Waals surface area contributed by atoms with Gasteiger partial charge < -0.3 is 0 Å². The van der Waals surface area contributed by atoms with Crippen molar-refractivity contribution < 1.29 is 8.42 Å². The lowest BCUT2D eigenvalue weighted by molar-refractivity contribution is 0.389. The van der Waals surface area contributed by atoms with E-state index in [0.29, 0.717) is 19.5 Å². The van der Waals surface area contributed by atoms with Gasteiger partial charge in [0.2, 0.25) is 0 Å². The summed E-state index contributed by atoms with van der Waals surface area (Å²) in [7, 11) is -0.216. The Balaban J connectivity index is 2.66. The minimum absolute atomic E-state index is 0.478. The molecule has 96 valence electrons. The van der Waals surface area contributed by atoms with Crippen LogP contribution in [0.2, 0.25) is 0 Å². The van der Waals surface area contributed by atoms with Gasteiger partial charge >= 0.3 is 0 Å². The van der Waals surface area contributed by atoms with Crippen molar-refractivity contribution in [3.05, 3.63) is 30.1 Å². The molecule has 0 aromatic carbocycles. The molecule has 0 aliphatic carbocycles. The lowest BCUT2D eigenvalue weighted by atomic mass is 10.2. The first-order valence-electron chi connectivity index (χ1n) is 5.55. The van der Waals surface area contributed by atoms with Gasteiger partial charge in [-0.05, 0) is 24.1 Å². The first-order valence-corrected chi connectivity index (χ1v) is 6.94. The zero-order valence-corrected chi connectivity index (χ0v) is 11.3. The zero-order chi connectivity index (χ0) is 12.9. The van der Waals surface area contributed by atoms with Crippen LogP contribution in [0, 0.1) is 0 Å². The predicted molar refractivity (Wildman–Crippen MR) is 67.8 cm³/mol. The second kappa shape index (κ2) is 6.09. The van der Waals surface area contributed by atoms with E-state index in [-0.39, 0.29) is 0 Å². The second-order valence-corrected chi connectivity index (χ2v) is 6.03. The van der Waals surface area contributed by atoms with Gasteiger partial charge in [0.15, 0.2) is 0 Å². The number of rotatable bonds is 6. The fraction of sp³-hybridized carbons (Fsp3) is 0.545. The van der Waals surface area contributed by atoms with Crippen molar-refractivity contribution >= 4 is 10.2 Å². The Kier molecular flexibility index (Phi) is 5.04. The molecule has 0 N–H and O–H groups in total. The maximum Gasteiger partial charge on any atom is 0.281 e. The third-order valence-corrected chi connectivity index (χ3v) is 4.56. The third kappa shape index (κ3) is 3.76. The molecule has 0 spiro atoms. The Morgan fingerprint density at radius 3 is 2.29 bits per heavy atom. The first kappa shape index (κ1) is 14.1. The van der Waals surface area contributed by atoms with Gasteiger partial charge in [-0.15, -0.1) is 0 Å². The van der Waals surface area contributed by atoms with Gasteiger partial charge in [0.25, 0.3) is 10.2 Å². The quantitative estimate of drug-likeness (QED) is 0.756. The van der Waals surface area contributed by atoms with Crippen molar-refractivity contribution in [2.45, 2.75) is 13.3 Å². The highest BCUT2D eigenvalue weighted by Gasteiger charge is 2.22. The number of hydrogen-bond donors (Lipinski definition) is 0. The maximum absolute atomic E-state index is 11.9. The molecule has 5 nitrogen and oxygen atoms in total. The van der Waals surface area contributed by atoms with E-state index in [4.69, 9.17) is 0 Å². The van der Waals surface area contributed by atoms with Crippen LogP contribution in [0.25, 0.3) is 0 Å². The van der Waals surface area contributed by atoms with Crippen LogP contribution in [0.5, 0.6) is 0 Å². The average molecular weight is 257 g/mol. The Morgan fingerprint density at radius 1 is 1.24 bits per heavy atom. The average Bonchev–Trinajstić information content (AvgIpc) is 2.30. The number of nitrogens with zero attached hydrogens (tertiary/aromatic N) is 3. The standard InChI is InChI=1S/C11H19N3O2S/c1-4-14(17(15,16)13(2)3)10-7-11-5-8-12-9-6-11/h5-6,8-9H,4,7,10H2,1-3H3. The van der Waals surface area contributed by atoms with Crippen molar-refractivity contribution in [2.75, 3.05) is 27.2 Å². The van der Waals surface area contributed by atoms with Crippen molar-refractivity contribution in [1.29, 1.82) is 0 Å². The summed E-state index contributed by atoms with van der Waals surface area (Å²) >= 11 is 0. The molecular weight excluding hydrogens is 238 g/mol. The van der Waals surface area contributed by atoms with Gasteiger partial charge in [-0.1, -0.05) is 6.92 Å². The van der Waals surface area contributed by atoms with E-state index in [2.05, 4.69) is 4.98 Å². The molecule has 0 bridgehead atoms. The highest BCUT2D eigenvalue weighted by molar-refractivity contribution is 7.86. The molecule has 0 aliphatic heterocycles.